The van der Waals surface area contributed by atoms with E-state index in [4.69, 9.17) is 17.0 Å². The highest BCUT2D eigenvalue weighted by Crippen LogP contribution is 2.30. The summed E-state index contributed by atoms with van der Waals surface area (Å²) in [5.41, 5.74) is 1.40. The molecular formula is C27H35N5O3S2. The Labute approximate surface area is 228 Å². The molecule has 0 unspecified atom stereocenters. The molecule has 0 radical (unpaired) electrons. The second kappa shape index (κ2) is 12.7. The Kier molecular flexibility index (Phi) is 9.42. The number of rotatable bonds is 10. The van der Waals surface area contributed by atoms with Crippen molar-refractivity contribution in [3.8, 4) is 5.75 Å². The van der Waals surface area contributed by atoms with Gasteiger partial charge in [0.25, 0.3) is 5.91 Å². The van der Waals surface area contributed by atoms with Crippen molar-refractivity contribution < 1.29 is 14.3 Å². The third kappa shape index (κ3) is 6.81. The van der Waals surface area contributed by atoms with Crippen LogP contribution in [0.5, 0.6) is 5.75 Å². The van der Waals surface area contributed by atoms with E-state index in [1.165, 1.54) is 0 Å². The van der Waals surface area contributed by atoms with Gasteiger partial charge in [-0.25, -0.2) is 0 Å². The van der Waals surface area contributed by atoms with Gasteiger partial charge in [0.2, 0.25) is 5.91 Å². The smallest absolute Gasteiger partial charge is 0.256 e. The SMILES string of the molecule is COc1ccc(NC(=O)C[C@H]2C(=O)N(c3cccc(SC)c3)C(=S)N2CCCN2CCN(C)CC2)cc1. The number of methoxy groups -OCH3 is 1. The maximum atomic E-state index is 13.7. The Morgan fingerprint density at radius 1 is 1.11 bits per heavy atom. The average molecular weight is 542 g/mol. The third-order valence-corrected chi connectivity index (χ3v) is 7.99. The van der Waals surface area contributed by atoms with E-state index >= 15 is 0 Å². The topological polar surface area (TPSA) is 68.4 Å². The number of piperazine rings is 1. The maximum Gasteiger partial charge on any atom is 0.256 e. The van der Waals surface area contributed by atoms with Crippen LogP contribution in [0.25, 0.3) is 0 Å². The molecule has 0 spiro atoms. The van der Waals surface area contributed by atoms with Crippen molar-refractivity contribution in [2.75, 3.05) is 69.9 Å². The fourth-order valence-corrected chi connectivity index (χ4v) is 5.54. The number of hydrogen-bond donors (Lipinski definition) is 1. The molecule has 1 atom stereocenters. The lowest BCUT2D eigenvalue weighted by atomic mass is 10.1. The van der Waals surface area contributed by atoms with Crippen molar-refractivity contribution >= 4 is 52.3 Å². The summed E-state index contributed by atoms with van der Waals surface area (Å²) in [6, 6.07) is 14.3. The summed E-state index contributed by atoms with van der Waals surface area (Å²) in [7, 11) is 3.75. The Balaban J connectivity index is 1.47. The minimum atomic E-state index is -0.642. The number of thiocarbonyl (C=S) groups is 1. The van der Waals surface area contributed by atoms with Gasteiger partial charge in [-0.3, -0.25) is 14.5 Å². The Hall–Kier alpha value is -2.66. The first-order valence-electron chi connectivity index (χ1n) is 12.5. The van der Waals surface area contributed by atoms with Gasteiger partial charge in [-0.1, -0.05) is 6.07 Å². The number of thioether (sulfide) groups is 1. The molecule has 0 aromatic heterocycles. The number of hydrogen-bond acceptors (Lipinski definition) is 7. The number of carbonyl (C=O) groups excluding carboxylic acids is 2. The lowest BCUT2D eigenvalue weighted by Gasteiger charge is -2.33. The standard InChI is InChI=1S/C27H35N5O3S2/c1-29-14-16-30(17-15-29)12-5-13-31-24(19-25(33)28-20-8-10-22(35-2)11-9-20)26(34)32(27(31)36)21-6-4-7-23(18-21)37-3/h4,6-11,18,24H,5,12-17,19H2,1-3H3,(H,28,33)/t24-/m0/s1. The molecule has 198 valence electrons. The average Bonchev–Trinajstić information content (AvgIpc) is 3.14. The van der Waals surface area contributed by atoms with Gasteiger partial charge in [0, 0.05) is 43.3 Å². The fraction of sp³-hybridized carbons (Fsp3) is 0.444. The van der Waals surface area contributed by atoms with Crippen LogP contribution >= 0.6 is 24.0 Å². The third-order valence-electron chi connectivity index (χ3n) is 6.85. The van der Waals surface area contributed by atoms with Crippen molar-refractivity contribution in [3.63, 3.8) is 0 Å². The van der Waals surface area contributed by atoms with Gasteiger partial charge in [0.05, 0.1) is 19.2 Å². The lowest BCUT2D eigenvalue weighted by Crippen LogP contribution is -2.45. The lowest BCUT2D eigenvalue weighted by molar-refractivity contribution is -0.124. The van der Waals surface area contributed by atoms with Crippen LogP contribution in [0.1, 0.15) is 12.8 Å². The van der Waals surface area contributed by atoms with Crippen molar-refractivity contribution in [2.24, 2.45) is 0 Å². The molecule has 2 amide bonds. The highest BCUT2D eigenvalue weighted by molar-refractivity contribution is 7.98. The van der Waals surface area contributed by atoms with Gasteiger partial charge < -0.3 is 24.8 Å². The van der Waals surface area contributed by atoms with Crippen molar-refractivity contribution in [2.45, 2.75) is 23.8 Å². The molecule has 4 rings (SSSR count). The van der Waals surface area contributed by atoms with E-state index in [-0.39, 0.29) is 18.2 Å². The molecule has 0 saturated carbocycles. The zero-order valence-electron chi connectivity index (χ0n) is 21.7. The van der Waals surface area contributed by atoms with Gasteiger partial charge in [0.1, 0.15) is 11.8 Å². The van der Waals surface area contributed by atoms with E-state index in [2.05, 4.69) is 22.2 Å². The quantitative estimate of drug-likeness (QED) is 0.363. The maximum absolute atomic E-state index is 13.7. The molecule has 10 heteroatoms. The van der Waals surface area contributed by atoms with Crippen LogP contribution in [-0.2, 0) is 9.59 Å². The van der Waals surface area contributed by atoms with Crippen LogP contribution in [0.4, 0.5) is 11.4 Å². The Bertz CT molecular complexity index is 1110. The van der Waals surface area contributed by atoms with Gasteiger partial charge in [-0.05, 0) is 81.0 Å². The second-order valence-electron chi connectivity index (χ2n) is 9.35. The van der Waals surface area contributed by atoms with E-state index in [9.17, 15) is 9.59 Å². The van der Waals surface area contributed by atoms with Crippen LogP contribution in [0, 0.1) is 0 Å². The molecule has 2 aliphatic heterocycles. The molecule has 0 bridgehead atoms. The number of amides is 2. The van der Waals surface area contributed by atoms with Crippen molar-refractivity contribution in [3.05, 3.63) is 48.5 Å². The summed E-state index contributed by atoms with van der Waals surface area (Å²) < 4.78 is 5.19. The summed E-state index contributed by atoms with van der Waals surface area (Å²) in [6.45, 7) is 5.77. The van der Waals surface area contributed by atoms with Crippen molar-refractivity contribution in [1.29, 1.82) is 0 Å². The molecule has 2 aromatic carbocycles. The monoisotopic (exact) mass is 541 g/mol. The van der Waals surface area contributed by atoms with Crippen molar-refractivity contribution in [1.82, 2.24) is 14.7 Å². The second-order valence-corrected chi connectivity index (χ2v) is 10.6. The van der Waals surface area contributed by atoms with Crippen LogP contribution < -0.4 is 15.0 Å². The summed E-state index contributed by atoms with van der Waals surface area (Å²) >= 11 is 7.44. The van der Waals surface area contributed by atoms with Gasteiger partial charge >= 0.3 is 0 Å². The van der Waals surface area contributed by atoms with E-state index in [0.29, 0.717) is 23.1 Å². The van der Waals surface area contributed by atoms with Gasteiger partial charge in [0.15, 0.2) is 5.11 Å². The van der Waals surface area contributed by atoms with E-state index in [1.54, 1.807) is 48.0 Å². The first kappa shape index (κ1) is 27.4. The van der Waals surface area contributed by atoms with Gasteiger partial charge in [-0.2, -0.15) is 0 Å². The zero-order valence-corrected chi connectivity index (χ0v) is 23.3. The van der Waals surface area contributed by atoms with Crippen LogP contribution in [-0.4, -0.2) is 97.4 Å². The number of anilines is 2. The summed E-state index contributed by atoms with van der Waals surface area (Å²) in [5, 5.41) is 3.37. The molecule has 1 N–H and O–H groups in total. The molecule has 2 aromatic rings. The number of nitrogens with zero attached hydrogens (tertiary/aromatic N) is 4. The number of ether oxygens (including phenoxy) is 1. The number of likely N-dealkylation sites (N-methyl/N-ethyl adjacent to an activating group) is 1. The fourth-order valence-electron chi connectivity index (χ4n) is 4.67. The molecule has 2 saturated heterocycles. The normalized spacial score (nSPS) is 18.9. The Morgan fingerprint density at radius 2 is 1.84 bits per heavy atom. The highest BCUT2D eigenvalue weighted by atomic mass is 32.2. The first-order chi connectivity index (χ1) is 17.9. The molecule has 8 nitrogen and oxygen atoms in total. The highest BCUT2D eigenvalue weighted by Gasteiger charge is 2.44. The van der Waals surface area contributed by atoms with E-state index in [1.807, 2.05) is 35.4 Å². The summed E-state index contributed by atoms with van der Waals surface area (Å²) in [6.07, 6.45) is 2.89. The summed E-state index contributed by atoms with van der Waals surface area (Å²) in [4.78, 5) is 36.1. The van der Waals surface area contributed by atoms with E-state index < -0.39 is 6.04 Å². The molecule has 0 aliphatic carbocycles. The molecule has 37 heavy (non-hydrogen) atoms. The minimum absolute atomic E-state index is 0.0260. The largest absolute Gasteiger partial charge is 0.497 e. The van der Waals surface area contributed by atoms with E-state index in [0.717, 1.165) is 49.7 Å². The van der Waals surface area contributed by atoms with Crippen LogP contribution in [0.15, 0.2) is 53.4 Å². The first-order valence-corrected chi connectivity index (χ1v) is 14.2. The minimum Gasteiger partial charge on any atom is -0.497 e. The Morgan fingerprint density at radius 3 is 2.51 bits per heavy atom. The number of nitrogens with one attached hydrogen (secondary N) is 1. The number of carbonyl (C=O) groups is 2. The predicted molar refractivity (Wildman–Crippen MR) is 154 cm³/mol. The van der Waals surface area contributed by atoms with Crippen LogP contribution in [0.2, 0.25) is 0 Å². The molecular weight excluding hydrogens is 506 g/mol. The van der Waals surface area contributed by atoms with Gasteiger partial charge in [-0.15, -0.1) is 11.8 Å². The zero-order chi connectivity index (χ0) is 26.4. The molecule has 2 aliphatic rings. The molecule has 2 heterocycles. The number of benzene rings is 2. The predicted octanol–water partition coefficient (Wildman–Crippen LogP) is 3.39. The summed E-state index contributed by atoms with van der Waals surface area (Å²) in [5.74, 6) is 0.326. The molecule has 2 fully saturated rings. The van der Waals surface area contributed by atoms with Crippen LogP contribution in [0.3, 0.4) is 0 Å².